The van der Waals surface area contributed by atoms with Crippen molar-refractivity contribution in [2.24, 2.45) is 0 Å². The first kappa shape index (κ1) is 23.7. The Morgan fingerprint density at radius 3 is 2.42 bits per heavy atom. The molecule has 1 aliphatic heterocycles. The highest BCUT2D eigenvalue weighted by atomic mass is 35.5. The van der Waals surface area contributed by atoms with E-state index in [0.717, 1.165) is 0 Å². The quantitative estimate of drug-likeness (QED) is 0.454. The van der Waals surface area contributed by atoms with Gasteiger partial charge in [0.25, 0.3) is 0 Å². The number of carboxylic acids is 2. The van der Waals surface area contributed by atoms with E-state index in [0.29, 0.717) is 36.3 Å². The van der Waals surface area contributed by atoms with Gasteiger partial charge in [0.1, 0.15) is 5.82 Å². The number of benzene rings is 1. The van der Waals surface area contributed by atoms with Crippen molar-refractivity contribution in [1.29, 1.82) is 0 Å². The maximum Gasteiger partial charge on any atom is 0.414 e. The largest absolute Gasteiger partial charge is 0.473 e. The van der Waals surface area contributed by atoms with E-state index in [2.05, 4.69) is 25.4 Å². The van der Waals surface area contributed by atoms with Crippen LogP contribution in [0.4, 0.5) is 10.1 Å². The monoisotopic (exact) mass is 478 g/mol. The van der Waals surface area contributed by atoms with Crippen molar-refractivity contribution < 1.29 is 33.5 Å². The second kappa shape index (κ2) is 10.6. The number of anilines is 1. The van der Waals surface area contributed by atoms with E-state index in [1.165, 1.54) is 18.2 Å². The van der Waals surface area contributed by atoms with E-state index in [-0.39, 0.29) is 23.4 Å². The molecule has 0 atom stereocenters. The molecule has 1 amide bonds. The van der Waals surface area contributed by atoms with Crippen LogP contribution in [-0.4, -0.2) is 72.7 Å². The Morgan fingerprint density at radius 1 is 1.15 bits per heavy atom. The molecular formula is C19H16ClFN6O6. The molecule has 0 bridgehead atoms. The van der Waals surface area contributed by atoms with Crippen molar-refractivity contribution >= 4 is 35.1 Å². The van der Waals surface area contributed by atoms with Crippen LogP contribution in [0.2, 0.25) is 5.02 Å². The standard InChI is InChI=1S/C17H14ClFN6O2.C2H2O4/c18-12-6-11(2-3-13(12)19)22-14(26)9-25-7-10(8-25)17-23-16(24-27-17)15-20-4-1-5-21-15;3-1(4)2(5)6/h1-6,10H,7-9H2,(H,22,26);(H,3,4)(H,5,6). The summed E-state index contributed by atoms with van der Waals surface area (Å²) in [4.78, 5) is 44.7. The van der Waals surface area contributed by atoms with Gasteiger partial charge in [0, 0.05) is 31.2 Å². The van der Waals surface area contributed by atoms with Crippen LogP contribution in [0.3, 0.4) is 0 Å². The summed E-state index contributed by atoms with van der Waals surface area (Å²) < 4.78 is 18.4. The highest BCUT2D eigenvalue weighted by Crippen LogP contribution is 2.27. The van der Waals surface area contributed by atoms with Gasteiger partial charge in [-0.1, -0.05) is 16.8 Å². The molecule has 33 heavy (non-hydrogen) atoms. The minimum atomic E-state index is -1.82. The van der Waals surface area contributed by atoms with Crippen molar-refractivity contribution in [1.82, 2.24) is 25.0 Å². The Morgan fingerprint density at radius 2 is 1.82 bits per heavy atom. The van der Waals surface area contributed by atoms with Crippen LogP contribution in [0.25, 0.3) is 11.6 Å². The number of likely N-dealkylation sites (tertiary alicyclic amines) is 1. The SMILES string of the molecule is O=C(CN1CC(c2nc(-c3ncccn3)no2)C1)Nc1ccc(F)c(Cl)c1.O=C(O)C(=O)O. The second-order valence-corrected chi connectivity index (χ2v) is 7.11. The first-order valence-corrected chi connectivity index (χ1v) is 9.65. The van der Waals surface area contributed by atoms with Crippen LogP contribution in [0.15, 0.2) is 41.2 Å². The van der Waals surface area contributed by atoms with Crippen LogP contribution < -0.4 is 5.32 Å². The second-order valence-electron chi connectivity index (χ2n) is 6.71. The van der Waals surface area contributed by atoms with Gasteiger partial charge < -0.3 is 20.1 Å². The zero-order valence-corrected chi connectivity index (χ0v) is 17.4. The number of nitrogens with one attached hydrogen (secondary N) is 1. The van der Waals surface area contributed by atoms with Crippen molar-refractivity contribution in [3.63, 3.8) is 0 Å². The molecule has 3 aromatic rings. The van der Waals surface area contributed by atoms with Crippen molar-refractivity contribution in [2.45, 2.75) is 5.92 Å². The molecule has 2 aromatic heterocycles. The first-order valence-electron chi connectivity index (χ1n) is 9.27. The molecule has 4 rings (SSSR count). The molecule has 0 spiro atoms. The molecule has 1 fully saturated rings. The van der Waals surface area contributed by atoms with Crippen molar-refractivity contribution in [3.8, 4) is 11.6 Å². The Balaban J connectivity index is 0.000000454. The van der Waals surface area contributed by atoms with Crippen LogP contribution in [0.5, 0.6) is 0 Å². The smallest absolute Gasteiger partial charge is 0.414 e. The molecule has 0 radical (unpaired) electrons. The number of aromatic nitrogens is 4. The summed E-state index contributed by atoms with van der Waals surface area (Å²) in [7, 11) is 0. The number of hydrogen-bond donors (Lipinski definition) is 3. The number of carboxylic acid groups (broad SMARTS) is 2. The highest BCUT2D eigenvalue weighted by Gasteiger charge is 2.33. The van der Waals surface area contributed by atoms with Gasteiger partial charge in [0.05, 0.1) is 17.5 Å². The fraction of sp³-hybridized carbons (Fsp3) is 0.211. The first-order chi connectivity index (χ1) is 15.7. The van der Waals surface area contributed by atoms with Crippen LogP contribution in [0, 0.1) is 5.82 Å². The number of carbonyl (C=O) groups excluding carboxylic acids is 1. The van der Waals surface area contributed by atoms with Gasteiger partial charge in [-0.05, 0) is 24.3 Å². The van der Waals surface area contributed by atoms with Gasteiger partial charge in [0.2, 0.25) is 23.4 Å². The molecule has 1 aromatic carbocycles. The molecular weight excluding hydrogens is 463 g/mol. The molecule has 1 aliphatic rings. The minimum absolute atomic E-state index is 0.0357. The molecule has 0 unspecified atom stereocenters. The molecule has 3 N–H and O–H groups in total. The van der Waals surface area contributed by atoms with E-state index in [9.17, 15) is 9.18 Å². The predicted octanol–water partition coefficient (Wildman–Crippen LogP) is 1.51. The Labute approximate surface area is 190 Å². The highest BCUT2D eigenvalue weighted by molar-refractivity contribution is 6.31. The third-order valence-electron chi connectivity index (χ3n) is 4.27. The summed E-state index contributed by atoms with van der Waals surface area (Å²) in [6.45, 7) is 1.44. The number of aliphatic carboxylic acids is 2. The number of rotatable bonds is 5. The lowest BCUT2D eigenvalue weighted by Crippen LogP contribution is -2.48. The Bertz CT molecular complexity index is 1140. The summed E-state index contributed by atoms with van der Waals surface area (Å²) in [6, 6.07) is 5.75. The fourth-order valence-corrected chi connectivity index (χ4v) is 2.92. The molecule has 172 valence electrons. The Kier molecular flexibility index (Phi) is 7.58. The van der Waals surface area contributed by atoms with Gasteiger partial charge in [0.15, 0.2) is 0 Å². The van der Waals surface area contributed by atoms with Gasteiger partial charge in [-0.25, -0.2) is 23.9 Å². The average molecular weight is 479 g/mol. The average Bonchev–Trinajstić information content (AvgIpc) is 3.24. The normalized spacial score (nSPS) is 13.4. The lowest BCUT2D eigenvalue weighted by Gasteiger charge is -2.36. The Hall–Kier alpha value is -3.97. The van der Waals surface area contributed by atoms with Crippen LogP contribution in [-0.2, 0) is 14.4 Å². The minimum Gasteiger partial charge on any atom is -0.473 e. The number of amides is 1. The van der Waals surface area contributed by atoms with Gasteiger partial charge >= 0.3 is 11.9 Å². The molecule has 0 aliphatic carbocycles. The number of carbonyl (C=O) groups is 3. The zero-order valence-electron chi connectivity index (χ0n) is 16.7. The predicted molar refractivity (Wildman–Crippen MR) is 110 cm³/mol. The van der Waals surface area contributed by atoms with Gasteiger partial charge in [-0.2, -0.15) is 4.98 Å². The fourth-order valence-electron chi connectivity index (χ4n) is 2.74. The van der Waals surface area contributed by atoms with Crippen LogP contribution >= 0.6 is 11.6 Å². The summed E-state index contributed by atoms with van der Waals surface area (Å²) in [5.74, 6) is -3.08. The van der Waals surface area contributed by atoms with Gasteiger partial charge in [-0.3, -0.25) is 9.69 Å². The zero-order chi connectivity index (χ0) is 24.0. The number of hydrogen-bond acceptors (Lipinski definition) is 9. The summed E-state index contributed by atoms with van der Waals surface area (Å²) in [5.41, 5.74) is 0.452. The lowest BCUT2D eigenvalue weighted by atomic mass is 10.0. The molecule has 14 heteroatoms. The number of halogens is 2. The molecule has 1 saturated heterocycles. The molecule has 12 nitrogen and oxygen atoms in total. The summed E-state index contributed by atoms with van der Waals surface area (Å²) in [6.07, 6.45) is 3.22. The van der Waals surface area contributed by atoms with Crippen molar-refractivity contribution in [2.75, 3.05) is 25.0 Å². The maximum absolute atomic E-state index is 13.1. The van der Waals surface area contributed by atoms with E-state index < -0.39 is 17.8 Å². The molecule has 0 saturated carbocycles. The van der Waals surface area contributed by atoms with E-state index in [4.69, 9.17) is 35.9 Å². The topological polar surface area (TPSA) is 172 Å². The van der Waals surface area contributed by atoms with Gasteiger partial charge in [-0.15, -0.1) is 0 Å². The third-order valence-corrected chi connectivity index (χ3v) is 4.56. The van der Waals surface area contributed by atoms with Crippen LogP contribution in [0.1, 0.15) is 11.8 Å². The lowest BCUT2D eigenvalue weighted by molar-refractivity contribution is -0.159. The summed E-state index contributed by atoms with van der Waals surface area (Å²) >= 11 is 5.71. The molecule has 3 heterocycles. The number of nitrogens with zero attached hydrogens (tertiary/aromatic N) is 5. The van der Waals surface area contributed by atoms with E-state index in [1.807, 2.05) is 4.90 Å². The van der Waals surface area contributed by atoms with E-state index in [1.54, 1.807) is 18.5 Å². The van der Waals surface area contributed by atoms with Crippen molar-refractivity contribution in [3.05, 3.63) is 53.4 Å². The maximum atomic E-state index is 13.1. The van der Waals surface area contributed by atoms with E-state index >= 15 is 0 Å². The third kappa shape index (κ3) is 6.51. The summed E-state index contributed by atoms with van der Waals surface area (Å²) in [5, 5.41) is 21.3.